The van der Waals surface area contributed by atoms with Crippen molar-refractivity contribution in [2.45, 2.75) is 32.5 Å². The van der Waals surface area contributed by atoms with E-state index in [-0.39, 0.29) is 30.8 Å². The summed E-state index contributed by atoms with van der Waals surface area (Å²) in [5, 5.41) is 0.419. The van der Waals surface area contributed by atoms with Gasteiger partial charge in [-0.2, -0.15) is 0 Å². The fourth-order valence-corrected chi connectivity index (χ4v) is 2.68. The molecule has 1 unspecified atom stereocenters. The van der Waals surface area contributed by atoms with Gasteiger partial charge in [0.25, 0.3) is 11.8 Å². The number of nitrogens with zero attached hydrogens (tertiary/aromatic N) is 2. The standard InChI is InChI=1S/C18H20N2O7/c1-18(2,3)26-17(24)19-8-9-25-13(10-19)16(23)27-20-14(21)11-6-4-5-7-12(11)15(20)22/h4-7,13H,8-10H2,1-3H3. The van der Waals surface area contributed by atoms with E-state index in [1.165, 1.54) is 17.0 Å². The van der Waals surface area contributed by atoms with Crippen LogP contribution >= 0.6 is 0 Å². The van der Waals surface area contributed by atoms with Crippen LogP contribution in [-0.4, -0.2) is 65.2 Å². The highest BCUT2D eigenvalue weighted by Gasteiger charge is 2.41. The van der Waals surface area contributed by atoms with Crippen LogP contribution in [0, 0.1) is 0 Å². The summed E-state index contributed by atoms with van der Waals surface area (Å²) in [5.74, 6) is -2.37. The third-order valence-corrected chi connectivity index (χ3v) is 3.92. The molecular formula is C18H20N2O7. The monoisotopic (exact) mass is 376 g/mol. The van der Waals surface area contributed by atoms with Crippen molar-refractivity contribution in [3.8, 4) is 0 Å². The smallest absolute Gasteiger partial charge is 0.410 e. The molecule has 2 aliphatic heterocycles. The normalized spacial score (nSPS) is 19.7. The van der Waals surface area contributed by atoms with Crippen LogP contribution in [0.25, 0.3) is 0 Å². The second kappa shape index (κ2) is 6.99. The lowest BCUT2D eigenvalue weighted by molar-refractivity contribution is -0.186. The second-order valence-corrected chi connectivity index (χ2v) is 7.15. The first-order valence-electron chi connectivity index (χ1n) is 8.46. The summed E-state index contributed by atoms with van der Waals surface area (Å²) < 4.78 is 10.6. The van der Waals surface area contributed by atoms with Gasteiger partial charge in [-0.05, 0) is 32.9 Å². The molecule has 2 heterocycles. The van der Waals surface area contributed by atoms with Crippen LogP contribution in [-0.2, 0) is 19.1 Å². The molecule has 1 fully saturated rings. The molecule has 0 N–H and O–H groups in total. The number of fused-ring (bicyclic) bond motifs is 1. The fourth-order valence-electron chi connectivity index (χ4n) is 2.68. The van der Waals surface area contributed by atoms with E-state index in [0.717, 1.165) is 0 Å². The average molecular weight is 376 g/mol. The van der Waals surface area contributed by atoms with Crippen LogP contribution in [0.4, 0.5) is 4.79 Å². The first kappa shape index (κ1) is 18.8. The zero-order valence-corrected chi connectivity index (χ0v) is 15.3. The number of benzene rings is 1. The fraction of sp³-hybridized carbons (Fsp3) is 0.444. The molecule has 3 rings (SSSR count). The summed E-state index contributed by atoms with van der Waals surface area (Å²) in [6.07, 6.45) is -1.71. The maximum absolute atomic E-state index is 12.4. The molecule has 1 saturated heterocycles. The minimum Gasteiger partial charge on any atom is -0.444 e. The third kappa shape index (κ3) is 3.92. The Morgan fingerprint density at radius 3 is 2.26 bits per heavy atom. The molecular weight excluding hydrogens is 356 g/mol. The molecule has 27 heavy (non-hydrogen) atoms. The molecule has 3 amide bonds. The van der Waals surface area contributed by atoms with Gasteiger partial charge in [-0.15, -0.1) is 0 Å². The van der Waals surface area contributed by atoms with Gasteiger partial charge in [0.05, 0.1) is 24.3 Å². The number of rotatable bonds is 2. The number of amides is 3. The number of carbonyl (C=O) groups is 4. The molecule has 1 atom stereocenters. The van der Waals surface area contributed by atoms with Crippen molar-refractivity contribution in [1.82, 2.24) is 9.96 Å². The highest BCUT2D eigenvalue weighted by atomic mass is 16.7. The van der Waals surface area contributed by atoms with Gasteiger partial charge in [-0.3, -0.25) is 9.59 Å². The molecule has 0 spiro atoms. The molecule has 9 heteroatoms. The number of imide groups is 1. The Labute approximate surface area is 155 Å². The van der Waals surface area contributed by atoms with E-state index in [9.17, 15) is 19.2 Å². The van der Waals surface area contributed by atoms with E-state index in [1.54, 1.807) is 32.9 Å². The van der Waals surface area contributed by atoms with Crippen molar-refractivity contribution in [1.29, 1.82) is 0 Å². The molecule has 0 radical (unpaired) electrons. The van der Waals surface area contributed by atoms with E-state index in [2.05, 4.69) is 0 Å². The van der Waals surface area contributed by atoms with Crippen molar-refractivity contribution in [3.05, 3.63) is 35.4 Å². The van der Waals surface area contributed by atoms with Gasteiger partial charge in [0.15, 0.2) is 6.10 Å². The Kier molecular flexibility index (Phi) is 4.88. The number of hydroxylamine groups is 2. The van der Waals surface area contributed by atoms with Gasteiger partial charge in [0, 0.05) is 6.54 Å². The first-order chi connectivity index (χ1) is 12.7. The van der Waals surface area contributed by atoms with E-state index in [1.807, 2.05) is 0 Å². The van der Waals surface area contributed by atoms with Gasteiger partial charge in [0.1, 0.15) is 5.60 Å². The Morgan fingerprint density at radius 2 is 1.70 bits per heavy atom. The van der Waals surface area contributed by atoms with Gasteiger partial charge < -0.3 is 19.2 Å². The molecule has 144 valence electrons. The molecule has 1 aromatic rings. The van der Waals surface area contributed by atoms with E-state index < -0.39 is 35.6 Å². The van der Waals surface area contributed by atoms with Gasteiger partial charge in [-0.1, -0.05) is 17.2 Å². The van der Waals surface area contributed by atoms with Crippen LogP contribution in [0.3, 0.4) is 0 Å². The third-order valence-electron chi connectivity index (χ3n) is 3.92. The number of ether oxygens (including phenoxy) is 2. The summed E-state index contributed by atoms with van der Waals surface area (Å²) in [7, 11) is 0. The van der Waals surface area contributed by atoms with Crippen molar-refractivity contribution >= 4 is 23.9 Å². The molecule has 0 aliphatic carbocycles. The predicted octanol–water partition coefficient (Wildman–Crippen LogP) is 1.38. The average Bonchev–Trinajstić information content (AvgIpc) is 2.86. The minimum absolute atomic E-state index is 0.0983. The zero-order chi connectivity index (χ0) is 19.8. The van der Waals surface area contributed by atoms with Gasteiger partial charge >= 0.3 is 12.1 Å². The maximum atomic E-state index is 12.4. The summed E-state index contributed by atoms with van der Waals surface area (Å²) in [5.41, 5.74) is -0.351. The highest BCUT2D eigenvalue weighted by Crippen LogP contribution is 2.23. The molecule has 0 bridgehead atoms. The Morgan fingerprint density at radius 1 is 1.11 bits per heavy atom. The maximum Gasteiger partial charge on any atom is 0.410 e. The quantitative estimate of drug-likeness (QED) is 0.719. The topological polar surface area (TPSA) is 102 Å². The highest BCUT2D eigenvalue weighted by molar-refractivity contribution is 6.20. The number of hydrogen-bond acceptors (Lipinski definition) is 7. The van der Waals surface area contributed by atoms with Gasteiger partial charge in [0.2, 0.25) is 0 Å². The lowest BCUT2D eigenvalue weighted by Crippen LogP contribution is -2.51. The molecule has 0 saturated carbocycles. The van der Waals surface area contributed by atoms with Crippen molar-refractivity contribution < 1.29 is 33.5 Å². The molecule has 1 aromatic carbocycles. The van der Waals surface area contributed by atoms with Crippen LogP contribution in [0.15, 0.2) is 24.3 Å². The minimum atomic E-state index is -1.13. The second-order valence-electron chi connectivity index (χ2n) is 7.15. The SMILES string of the molecule is CC(C)(C)OC(=O)N1CCOC(C(=O)ON2C(=O)c3ccccc3C2=O)C1. The number of hydrogen-bond donors (Lipinski definition) is 0. The number of morpholine rings is 1. The lowest BCUT2D eigenvalue weighted by Gasteiger charge is -2.33. The molecule has 2 aliphatic rings. The first-order valence-corrected chi connectivity index (χ1v) is 8.46. The summed E-state index contributed by atoms with van der Waals surface area (Å²) in [4.78, 5) is 55.3. The van der Waals surface area contributed by atoms with Crippen molar-refractivity contribution in [2.24, 2.45) is 0 Å². The van der Waals surface area contributed by atoms with E-state index >= 15 is 0 Å². The largest absolute Gasteiger partial charge is 0.444 e. The predicted molar refractivity (Wildman–Crippen MR) is 90.6 cm³/mol. The van der Waals surface area contributed by atoms with Crippen molar-refractivity contribution in [2.75, 3.05) is 19.7 Å². The summed E-state index contributed by atoms with van der Waals surface area (Å²) >= 11 is 0. The van der Waals surface area contributed by atoms with Crippen LogP contribution in [0.5, 0.6) is 0 Å². The molecule has 9 nitrogen and oxygen atoms in total. The Balaban J connectivity index is 1.64. The van der Waals surface area contributed by atoms with E-state index in [4.69, 9.17) is 14.3 Å². The number of carbonyl (C=O) groups excluding carboxylic acids is 4. The Bertz CT molecular complexity index is 764. The summed E-state index contributed by atoms with van der Waals surface area (Å²) in [6, 6.07) is 6.17. The van der Waals surface area contributed by atoms with Crippen molar-refractivity contribution in [3.63, 3.8) is 0 Å². The van der Waals surface area contributed by atoms with Gasteiger partial charge in [-0.25, -0.2) is 9.59 Å². The summed E-state index contributed by atoms with van der Waals surface area (Å²) in [6.45, 7) is 5.46. The van der Waals surface area contributed by atoms with Crippen LogP contribution in [0.1, 0.15) is 41.5 Å². The zero-order valence-electron chi connectivity index (χ0n) is 15.3. The van der Waals surface area contributed by atoms with E-state index in [0.29, 0.717) is 5.06 Å². The molecule has 0 aromatic heterocycles. The lowest BCUT2D eigenvalue weighted by atomic mass is 10.1. The van der Waals surface area contributed by atoms with Crippen LogP contribution in [0.2, 0.25) is 0 Å². The Hall–Kier alpha value is -2.94. The van der Waals surface area contributed by atoms with Crippen LogP contribution < -0.4 is 0 Å².